The number of benzene rings is 2. The van der Waals surface area contributed by atoms with Crippen molar-refractivity contribution in [3.8, 4) is 0 Å². The number of hydrogen-bond acceptors (Lipinski definition) is 6. The normalized spacial score (nSPS) is 17.2. The Morgan fingerprint density at radius 1 is 0.929 bits per heavy atom. The van der Waals surface area contributed by atoms with Crippen molar-refractivity contribution in [2.75, 3.05) is 43.0 Å². The molecular weight excluding hydrogens is 360 g/mol. The summed E-state index contributed by atoms with van der Waals surface area (Å²) in [6.45, 7) is 4.53. The van der Waals surface area contributed by atoms with Crippen molar-refractivity contribution in [2.24, 2.45) is 0 Å². The number of likely N-dealkylation sites (N-methyl/N-ethyl adjacent to an activating group) is 1. The van der Waals surface area contributed by atoms with E-state index in [1.54, 1.807) is 37.3 Å². The van der Waals surface area contributed by atoms with Crippen molar-refractivity contribution in [2.45, 2.75) is 6.92 Å². The molecule has 1 fully saturated rings. The standard InChI is InChI=1S/C20H20N4O4/c1-13-11-18(24(27)28)17(22-9-7-21(2)8-10-22)12-16(13)23-19(25)14-5-3-4-6-15(14)20(23)26/h3-6,11-12H,7-10H2,1-2H3. The number of piperazine rings is 1. The van der Waals surface area contributed by atoms with Gasteiger partial charge in [-0.25, -0.2) is 4.90 Å². The molecule has 0 bridgehead atoms. The number of anilines is 2. The Labute approximate surface area is 162 Å². The second-order valence-corrected chi connectivity index (χ2v) is 7.17. The Morgan fingerprint density at radius 3 is 2.04 bits per heavy atom. The largest absolute Gasteiger partial charge is 0.363 e. The number of nitrogens with zero attached hydrogens (tertiary/aromatic N) is 4. The predicted molar refractivity (Wildman–Crippen MR) is 105 cm³/mol. The third-order valence-corrected chi connectivity index (χ3v) is 5.37. The van der Waals surface area contributed by atoms with Crippen LogP contribution in [0.2, 0.25) is 0 Å². The van der Waals surface area contributed by atoms with E-state index in [1.807, 2.05) is 11.9 Å². The van der Waals surface area contributed by atoms with Crippen molar-refractivity contribution < 1.29 is 14.5 Å². The van der Waals surface area contributed by atoms with Crippen molar-refractivity contribution in [3.05, 3.63) is 63.2 Å². The van der Waals surface area contributed by atoms with Gasteiger partial charge in [0.1, 0.15) is 5.69 Å². The number of fused-ring (bicyclic) bond motifs is 1. The second-order valence-electron chi connectivity index (χ2n) is 7.17. The Morgan fingerprint density at radius 2 is 1.50 bits per heavy atom. The molecule has 0 atom stereocenters. The van der Waals surface area contributed by atoms with E-state index in [4.69, 9.17) is 0 Å². The summed E-state index contributed by atoms with van der Waals surface area (Å²) in [7, 11) is 2.01. The smallest absolute Gasteiger partial charge is 0.292 e. The minimum Gasteiger partial charge on any atom is -0.363 e. The van der Waals surface area contributed by atoms with Crippen LogP contribution in [-0.4, -0.2) is 54.9 Å². The van der Waals surface area contributed by atoms with Crippen LogP contribution in [0.1, 0.15) is 26.3 Å². The number of aryl methyl sites for hydroxylation is 1. The maximum Gasteiger partial charge on any atom is 0.292 e. The zero-order valence-corrected chi connectivity index (χ0v) is 15.7. The van der Waals surface area contributed by atoms with E-state index in [-0.39, 0.29) is 5.69 Å². The average Bonchev–Trinajstić information content (AvgIpc) is 2.93. The van der Waals surface area contributed by atoms with Gasteiger partial charge in [0.05, 0.1) is 21.7 Å². The van der Waals surface area contributed by atoms with Crippen LogP contribution in [0.15, 0.2) is 36.4 Å². The molecule has 2 amide bonds. The van der Waals surface area contributed by atoms with Gasteiger partial charge in [-0.1, -0.05) is 12.1 Å². The third-order valence-electron chi connectivity index (χ3n) is 5.37. The molecule has 144 valence electrons. The van der Waals surface area contributed by atoms with Crippen LogP contribution in [0, 0.1) is 17.0 Å². The molecule has 0 N–H and O–H groups in total. The molecule has 1 saturated heterocycles. The molecule has 0 spiro atoms. The Hall–Kier alpha value is -3.26. The highest BCUT2D eigenvalue weighted by atomic mass is 16.6. The van der Waals surface area contributed by atoms with Crippen molar-refractivity contribution in [1.29, 1.82) is 0 Å². The Bertz CT molecular complexity index is 961. The molecule has 28 heavy (non-hydrogen) atoms. The Balaban J connectivity index is 1.80. The van der Waals surface area contributed by atoms with E-state index in [1.165, 1.54) is 6.07 Å². The third kappa shape index (κ3) is 2.82. The SMILES string of the molecule is Cc1cc([N+](=O)[O-])c(N2CCN(C)CC2)cc1N1C(=O)c2ccccc2C1=O. The lowest BCUT2D eigenvalue weighted by Crippen LogP contribution is -2.44. The first kappa shape index (κ1) is 18.1. The summed E-state index contributed by atoms with van der Waals surface area (Å²) in [6.07, 6.45) is 0. The van der Waals surface area contributed by atoms with E-state index < -0.39 is 16.7 Å². The number of carbonyl (C=O) groups excluding carboxylic acids is 2. The van der Waals surface area contributed by atoms with Gasteiger partial charge in [0.2, 0.25) is 0 Å². The number of nitro benzene ring substituents is 1. The quantitative estimate of drug-likeness (QED) is 0.462. The van der Waals surface area contributed by atoms with Gasteiger partial charge < -0.3 is 9.80 Å². The highest BCUT2D eigenvalue weighted by Gasteiger charge is 2.38. The van der Waals surface area contributed by atoms with Gasteiger partial charge in [-0.2, -0.15) is 0 Å². The first-order valence-corrected chi connectivity index (χ1v) is 9.09. The Kier molecular flexibility index (Phi) is 4.35. The van der Waals surface area contributed by atoms with Crippen LogP contribution in [0.3, 0.4) is 0 Å². The molecular formula is C20H20N4O4. The highest BCUT2D eigenvalue weighted by molar-refractivity contribution is 6.34. The van der Waals surface area contributed by atoms with Crippen LogP contribution in [0.4, 0.5) is 17.1 Å². The molecule has 8 heteroatoms. The molecule has 0 saturated carbocycles. The molecule has 0 radical (unpaired) electrons. The van der Waals surface area contributed by atoms with E-state index in [9.17, 15) is 19.7 Å². The summed E-state index contributed by atoms with van der Waals surface area (Å²) in [6, 6.07) is 9.74. The zero-order valence-electron chi connectivity index (χ0n) is 15.7. The molecule has 2 aromatic rings. The van der Waals surface area contributed by atoms with E-state index in [2.05, 4.69) is 4.90 Å². The first-order chi connectivity index (χ1) is 13.4. The van der Waals surface area contributed by atoms with Crippen LogP contribution >= 0.6 is 0 Å². The van der Waals surface area contributed by atoms with Gasteiger partial charge in [0, 0.05) is 32.2 Å². The summed E-state index contributed by atoms with van der Waals surface area (Å²) in [5.74, 6) is -0.802. The number of rotatable bonds is 3. The predicted octanol–water partition coefficient (Wildman–Crippen LogP) is 2.46. The molecule has 2 aromatic carbocycles. The summed E-state index contributed by atoms with van der Waals surface area (Å²) in [5.41, 5.74) is 2.04. The van der Waals surface area contributed by atoms with Crippen LogP contribution in [0.25, 0.3) is 0 Å². The molecule has 0 aromatic heterocycles. The lowest BCUT2D eigenvalue weighted by molar-refractivity contribution is -0.384. The van der Waals surface area contributed by atoms with Gasteiger partial charge >= 0.3 is 0 Å². The fraction of sp³-hybridized carbons (Fsp3) is 0.300. The number of hydrogen-bond donors (Lipinski definition) is 0. The first-order valence-electron chi connectivity index (χ1n) is 9.09. The monoisotopic (exact) mass is 380 g/mol. The molecule has 8 nitrogen and oxygen atoms in total. The fourth-order valence-corrected chi connectivity index (χ4v) is 3.77. The van der Waals surface area contributed by atoms with Gasteiger partial charge in [0.15, 0.2) is 0 Å². The maximum atomic E-state index is 12.9. The zero-order chi connectivity index (χ0) is 20.0. The van der Waals surface area contributed by atoms with E-state index in [0.717, 1.165) is 18.0 Å². The number of carbonyl (C=O) groups is 2. The van der Waals surface area contributed by atoms with Gasteiger partial charge in [0.25, 0.3) is 17.5 Å². The lowest BCUT2D eigenvalue weighted by Gasteiger charge is -2.34. The van der Waals surface area contributed by atoms with Crippen molar-refractivity contribution >= 4 is 28.9 Å². The molecule has 2 aliphatic rings. The van der Waals surface area contributed by atoms with E-state index >= 15 is 0 Å². The molecule has 4 rings (SSSR count). The lowest BCUT2D eigenvalue weighted by atomic mass is 10.1. The minimum atomic E-state index is -0.410. The number of nitro groups is 1. The average molecular weight is 380 g/mol. The molecule has 2 aliphatic heterocycles. The van der Waals surface area contributed by atoms with Gasteiger partial charge in [-0.15, -0.1) is 0 Å². The summed E-state index contributed by atoms with van der Waals surface area (Å²) in [5, 5.41) is 11.6. The minimum absolute atomic E-state index is 0.0117. The van der Waals surface area contributed by atoms with Gasteiger partial charge in [-0.05, 0) is 37.7 Å². The highest BCUT2D eigenvalue weighted by Crippen LogP contribution is 2.38. The fourth-order valence-electron chi connectivity index (χ4n) is 3.77. The molecule has 2 heterocycles. The summed E-state index contributed by atoms with van der Waals surface area (Å²) < 4.78 is 0. The van der Waals surface area contributed by atoms with Gasteiger partial charge in [-0.3, -0.25) is 19.7 Å². The van der Waals surface area contributed by atoms with Crippen molar-refractivity contribution in [1.82, 2.24) is 4.90 Å². The maximum absolute atomic E-state index is 12.9. The van der Waals surface area contributed by atoms with Crippen molar-refractivity contribution in [3.63, 3.8) is 0 Å². The van der Waals surface area contributed by atoms with E-state index in [0.29, 0.717) is 41.2 Å². The molecule has 0 aliphatic carbocycles. The van der Waals surface area contributed by atoms with Crippen LogP contribution in [-0.2, 0) is 0 Å². The molecule has 0 unspecified atom stereocenters. The summed E-state index contributed by atoms with van der Waals surface area (Å²) >= 11 is 0. The second kappa shape index (κ2) is 6.72. The topological polar surface area (TPSA) is 87.0 Å². The van der Waals surface area contributed by atoms with Crippen LogP contribution in [0.5, 0.6) is 0 Å². The number of amides is 2. The van der Waals surface area contributed by atoms with Crippen LogP contribution < -0.4 is 9.80 Å². The summed E-state index contributed by atoms with van der Waals surface area (Å²) in [4.78, 5) is 42.2. The number of imide groups is 1.